The zero-order valence-corrected chi connectivity index (χ0v) is 19.8. The predicted octanol–water partition coefficient (Wildman–Crippen LogP) is 4.00. The van der Waals surface area contributed by atoms with Gasteiger partial charge in [-0.15, -0.1) is 0 Å². The van der Waals surface area contributed by atoms with Gasteiger partial charge < -0.3 is 5.32 Å². The molecule has 1 saturated heterocycles. The largest absolute Gasteiger partial charge is 0.325 e. The lowest BCUT2D eigenvalue weighted by Gasteiger charge is -2.26. The minimum absolute atomic E-state index is 0.180. The van der Waals surface area contributed by atoms with E-state index in [0.29, 0.717) is 25.3 Å². The number of hydrogen-bond acceptors (Lipinski definition) is 4. The van der Waals surface area contributed by atoms with Crippen molar-refractivity contribution >= 4 is 37.5 Å². The highest BCUT2D eigenvalue weighted by Gasteiger charge is 2.26. The zero-order valence-electron chi connectivity index (χ0n) is 17.4. The molecule has 30 heavy (non-hydrogen) atoms. The lowest BCUT2D eigenvalue weighted by atomic mass is 10.2. The van der Waals surface area contributed by atoms with Crippen LogP contribution in [-0.4, -0.2) is 50.2 Å². The van der Waals surface area contributed by atoms with Gasteiger partial charge in [0.05, 0.1) is 11.4 Å². The number of amides is 1. The molecule has 6 nitrogen and oxygen atoms in total. The first kappa shape index (κ1) is 22.9. The normalized spacial score (nSPS) is 15.3. The number of rotatable bonds is 7. The number of hydrogen-bond donors (Lipinski definition) is 1. The van der Waals surface area contributed by atoms with Crippen LogP contribution in [0.3, 0.4) is 0 Å². The molecule has 0 atom stereocenters. The Hall–Kier alpha value is -1.74. The Kier molecular flexibility index (Phi) is 7.68. The molecule has 1 heterocycles. The van der Waals surface area contributed by atoms with Crippen molar-refractivity contribution in [3.05, 3.63) is 58.1 Å². The summed E-state index contributed by atoms with van der Waals surface area (Å²) in [6, 6.07) is 12.8. The highest BCUT2D eigenvalue weighted by atomic mass is 79.9. The van der Waals surface area contributed by atoms with Gasteiger partial charge in [0.15, 0.2) is 0 Å². The van der Waals surface area contributed by atoms with Crippen LogP contribution in [0.4, 0.5) is 5.69 Å². The van der Waals surface area contributed by atoms with Crippen LogP contribution in [-0.2, 0) is 21.4 Å². The Morgan fingerprint density at radius 1 is 1.13 bits per heavy atom. The third-order valence-corrected chi connectivity index (χ3v) is 7.92. The maximum absolute atomic E-state index is 12.9. The molecule has 1 aliphatic rings. The number of halogens is 1. The monoisotopic (exact) mass is 493 g/mol. The Bertz CT molecular complexity index is 1000. The molecule has 0 unspecified atom stereocenters. The maximum atomic E-state index is 12.9. The van der Waals surface area contributed by atoms with Crippen LogP contribution in [0.25, 0.3) is 0 Å². The van der Waals surface area contributed by atoms with E-state index in [4.69, 9.17) is 0 Å². The van der Waals surface area contributed by atoms with Gasteiger partial charge >= 0.3 is 0 Å². The van der Waals surface area contributed by atoms with Crippen LogP contribution in [0.2, 0.25) is 0 Å². The summed E-state index contributed by atoms with van der Waals surface area (Å²) in [5, 5.41) is 2.88. The molecule has 0 aromatic heterocycles. The van der Waals surface area contributed by atoms with Crippen LogP contribution in [0.5, 0.6) is 0 Å². The minimum Gasteiger partial charge on any atom is -0.325 e. The molecule has 1 aliphatic heterocycles. The number of nitrogens with one attached hydrogen (secondary N) is 1. The van der Waals surface area contributed by atoms with E-state index >= 15 is 0 Å². The second kappa shape index (κ2) is 10.0. The molecular weight excluding hydrogens is 466 g/mol. The average molecular weight is 494 g/mol. The van der Waals surface area contributed by atoms with Crippen molar-refractivity contribution < 1.29 is 13.2 Å². The SMILES string of the molecule is Cc1ccc(S(=O)(=O)N2CCCCC2)cc1NC(=O)CN(C)Cc1ccccc1Br. The summed E-state index contributed by atoms with van der Waals surface area (Å²) in [5.74, 6) is -0.180. The molecule has 0 aliphatic carbocycles. The Balaban J connectivity index is 1.68. The second-order valence-corrected chi connectivity index (χ2v) is 10.5. The van der Waals surface area contributed by atoms with Crippen LogP contribution in [0.1, 0.15) is 30.4 Å². The number of sulfonamides is 1. The summed E-state index contributed by atoms with van der Waals surface area (Å²) in [6.45, 7) is 3.79. The fourth-order valence-electron chi connectivity index (χ4n) is 3.56. The van der Waals surface area contributed by atoms with Gasteiger partial charge in [0.25, 0.3) is 0 Å². The summed E-state index contributed by atoms with van der Waals surface area (Å²) < 4.78 is 28.4. The van der Waals surface area contributed by atoms with E-state index in [0.717, 1.165) is 34.9 Å². The summed E-state index contributed by atoms with van der Waals surface area (Å²) in [7, 11) is -1.66. The molecule has 162 valence electrons. The van der Waals surface area contributed by atoms with Crippen LogP contribution in [0, 0.1) is 6.92 Å². The van der Waals surface area contributed by atoms with E-state index in [-0.39, 0.29) is 17.3 Å². The van der Waals surface area contributed by atoms with Gasteiger partial charge in [-0.2, -0.15) is 4.31 Å². The van der Waals surface area contributed by atoms with Crippen LogP contribution in [0.15, 0.2) is 51.8 Å². The lowest BCUT2D eigenvalue weighted by Crippen LogP contribution is -2.35. The van der Waals surface area contributed by atoms with Crippen molar-refractivity contribution in [2.24, 2.45) is 0 Å². The summed E-state index contributed by atoms with van der Waals surface area (Å²) in [4.78, 5) is 14.7. The molecule has 0 radical (unpaired) electrons. The third kappa shape index (κ3) is 5.69. The first-order chi connectivity index (χ1) is 14.3. The molecule has 2 aromatic carbocycles. The first-order valence-corrected chi connectivity index (χ1v) is 12.3. The molecule has 8 heteroatoms. The molecule has 0 bridgehead atoms. The number of aryl methyl sites for hydroxylation is 1. The van der Waals surface area contributed by atoms with E-state index in [9.17, 15) is 13.2 Å². The molecule has 3 rings (SSSR count). The average Bonchev–Trinajstić information content (AvgIpc) is 2.72. The van der Waals surface area contributed by atoms with Crippen LogP contribution < -0.4 is 5.32 Å². The fourth-order valence-corrected chi connectivity index (χ4v) is 5.51. The zero-order chi connectivity index (χ0) is 21.7. The highest BCUT2D eigenvalue weighted by molar-refractivity contribution is 9.10. The molecule has 0 spiro atoms. The summed E-state index contributed by atoms with van der Waals surface area (Å²) in [5.41, 5.74) is 2.46. The molecule has 2 aromatic rings. The van der Waals surface area contributed by atoms with Gasteiger partial charge in [0, 0.05) is 29.8 Å². The lowest BCUT2D eigenvalue weighted by molar-refractivity contribution is -0.117. The molecule has 1 N–H and O–H groups in total. The fraction of sp³-hybridized carbons (Fsp3) is 0.409. The smallest absolute Gasteiger partial charge is 0.243 e. The molecule has 0 saturated carbocycles. The topological polar surface area (TPSA) is 69.7 Å². The van der Waals surface area contributed by atoms with Gasteiger partial charge in [-0.05, 0) is 56.1 Å². The van der Waals surface area contributed by atoms with Crippen molar-refractivity contribution in [2.45, 2.75) is 37.6 Å². The predicted molar refractivity (Wildman–Crippen MR) is 123 cm³/mol. The minimum atomic E-state index is -3.54. The maximum Gasteiger partial charge on any atom is 0.243 e. The highest BCUT2D eigenvalue weighted by Crippen LogP contribution is 2.25. The first-order valence-electron chi connectivity index (χ1n) is 10.1. The van der Waals surface area contributed by atoms with E-state index in [2.05, 4.69) is 21.2 Å². The van der Waals surface area contributed by atoms with Crippen molar-refractivity contribution in [3.8, 4) is 0 Å². The number of piperidine rings is 1. The summed E-state index contributed by atoms with van der Waals surface area (Å²) in [6.07, 6.45) is 2.84. The Morgan fingerprint density at radius 3 is 2.53 bits per heavy atom. The van der Waals surface area contributed by atoms with Gasteiger partial charge in [-0.25, -0.2) is 8.42 Å². The standard InChI is InChI=1S/C22H28BrN3O3S/c1-17-10-11-19(30(28,29)26-12-6-3-7-13-26)14-21(17)24-22(27)16-25(2)15-18-8-4-5-9-20(18)23/h4-5,8-11,14H,3,6-7,12-13,15-16H2,1-2H3,(H,24,27). The number of carbonyl (C=O) groups excluding carboxylic acids is 1. The summed E-state index contributed by atoms with van der Waals surface area (Å²) >= 11 is 3.53. The van der Waals surface area contributed by atoms with Crippen LogP contribution >= 0.6 is 15.9 Å². The van der Waals surface area contributed by atoms with E-state index < -0.39 is 10.0 Å². The number of carbonyl (C=O) groups is 1. The number of likely N-dealkylation sites (N-methyl/N-ethyl adjacent to an activating group) is 1. The van der Waals surface area contributed by atoms with Gasteiger partial charge in [-0.3, -0.25) is 9.69 Å². The van der Waals surface area contributed by atoms with E-state index in [1.54, 1.807) is 18.2 Å². The Labute approximate surface area is 187 Å². The Morgan fingerprint density at radius 2 is 1.83 bits per heavy atom. The van der Waals surface area contributed by atoms with Gasteiger partial charge in [-0.1, -0.05) is 46.6 Å². The van der Waals surface area contributed by atoms with E-state index in [1.807, 2.05) is 43.1 Å². The molecule has 1 amide bonds. The van der Waals surface area contributed by atoms with Gasteiger partial charge in [0.1, 0.15) is 0 Å². The third-order valence-electron chi connectivity index (χ3n) is 5.25. The van der Waals surface area contributed by atoms with Crippen molar-refractivity contribution in [3.63, 3.8) is 0 Å². The van der Waals surface area contributed by atoms with Crippen molar-refractivity contribution in [1.82, 2.24) is 9.21 Å². The number of benzene rings is 2. The van der Waals surface area contributed by atoms with Crippen molar-refractivity contribution in [1.29, 1.82) is 0 Å². The van der Waals surface area contributed by atoms with E-state index in [1.165, 1.54) is 4.31 Å². The molecule has 1 fully saturated rings. The second-order valence-electron chi connectivity index (χ2n) is 7.75. The number of nitrogens with zero attached hydrogens (tertiary/aromatic N) is 2. The quantitative estimate of drug-likeness (QED) is 0.632. The molecular formula is C22H28BrN3O3S. The van der Waals surface area contributed by atoms with Crippen molar-refractivity contribution in [2.75, 3.05) is 32.0 Å². The number of anilines is 1. The van der Waals surface area contributed by atoms with Gasteiger partial charge in [0.2, 0.25) is 15.9 Å².